The van der Waals surface area contributed by atoms with Gasteiger partial charge in [0.05, 0.1) is 23.9 Å². The number of amides is 1. The van der Waals surface area contributed by atoms with Crippen molar-refractivity contribution in [3.8, 4) is 22.4 Å². The van der Waals surface area contributed by atoms with E-state index in [-0.39, 0.29) is 17.8 Å². The molecule has 186 valence electrons. The van der Waals surface area contributed by atoms with E-state index in [0.717, 1.165) is 35.2 Å². The van der Waals surface area contributed by atoms with Gasteiger partial charge in [-0.1, -0.05) is 12.1 Å². The van der Waals surface area contributed by atoms with E-state index in [1.54, 1.807) is 18.5 Å². The molecule has 4 aromatic heterocycles. The maximum absolute atomic E-state index is 14.9. The summed E-state index contributed by atoms with van der Waals surface area (Å²) < 4.78 is 55.3. The molecule has 0 saturated carbocycles. The fourth-order valence-electron chi connectivity index (χ4n) is 3.98. The van der Waals surface area contributed by atoms with Crippen molar-refractivity contribution in [3.05, 3.63) is 102 Å². The fourth-order valence-corrected chi connectivity index (χ4v) is 3.98. The monoisotopic (exact) mass is 505 g/mol. The molecule has 0 atom stereocenters. The van der Waals surface area contributed by atoms with Gasteiger partial charge in [0, 0.05) is 29.8 Å². The number of nitrogens with one attached hydrogen (secondary N) is 1. The summed E-state index contributed by atoms with van der Waals surface area (Å²) in [5.41, 5.74) is 3.93. The third kappa shape index (κ3) is 5.18. The molecule has 0 aliphatic carbocycles. The van der Waals surface area contributed by atoms with Crippen LogP contribution in [-0.4, -0.2) is 25.3 Å². The standard InChI is InChI=1S/C27H19F4N5O/c1-16-10-17(4-7-32-16)18-6-9-36-23(15-34-25(36)12-18)20-3-2-19(22(28)11-20)13-26(37)35-24-14-21(5-8-33-24)27(29,30)31/h2-12,14-15H,13H2,1H3,(H,33,35,37). The number of aryl methyl sites for hydroxylation is 1. The van der Waals surface area contributed by atoms with E-state index in [2.05, 4.69) is 20.3 Å². The van der Waals surface area contributed by atoms with Gasteiger partial charge >= 0.3 is 6.18 Å². The smallest absolute Gasteiger partial charge is 0.310 e. The minimum atomic E-state index is -4.57. The third-order valence-corrected chi connectivity index (χ3v) is 5.80. The molecule has 0 aliphatic heterocycles. The number of alkyl halides is 3. The van der Waals surface area contributed by atoms with Crippen LogP contribution in [0, 0.1) is 12.7 Å². The number of hydrogen-bond acceptors (Lipinski definition) is 4. The van der Waals surface area contributed by atoms with Gasteiger partial charge < -0.3 is 5.32 Å². The van der Waals surface area contributed by atoms with Gasteiger partial charge in [-0.05, 0) is 66.1 Å². The molecule has 6 nitrogen and oxygen atoms in total. The Morgan fingerprint density at radius 1 is 0.919 bits per heavy atom. The third-order valence-electron chi connectivity index (χ3n) is 5.80. The first-order valence-corrected chi connectivity index (χ1v) is 11.2. The Labute approximate surface area is 208 Å². The molecule has 5 rings (SSSR count). The Balaban J connectivity index is 1.34. The van der Waals surface area contributed by atoms with Crippen molar-refractivity contribution in [1.29, 1.82) is 0 Å². The number of anilines is 1. The van der Waals surface area contributed by atoms with Gasteiger partial charge in [0.25, 0.3) is 0 Å². The number of imidazole rings is 1. The van der Waals surface area contributed by atoms with Crippen LogP contribution in [0.2, 0.25) is 0 Å². The average Bonchev–Trinajstić information content (AvgIpc) is 3.28. The van der Waals surface area contributed by atoms with Gasteiger partial charge in [-0.3, -0.25) is 14.2 Å². The number of pyridine rings is 3. The predicted octanol–water partition coefficient (Wildman–Crippen LogP) is 6.11. The zero-order valence-corrected chi connectivity index (χ0v) is 19.4. The number of fused-ring (bicyclic) bond motifs is 1. The number of hydrogen-bond donors (Lipinski definition) is 1. The molecule has 1 N–H and O–H groups in total. The molecule has 4 heterocycles. The van der Waals surface area contributed by atoms with Crippen LogP contribution in [0.4, 0.5) is 23.4 Å². The molecular formula is C27H19F4N5O. The highest BCUT2D eigenvalue weighted by atomic mass is 19.4. The molecule has 37 heavy (non-hydrogen) atoms. The van der Waals surface area contributed by atoms with Crippen LogP contribution in [0.5, 0.6) is 0 Å². The highest BCUT2D eigenvalue weighted by molar-refractivity contribution is 5.91. The van der Waals surface area contributed by atoms with Crippen LogP contribution in [0.25, 0.3) is 28.0 Å². The number of aromatic nitrogens is 4. The largest absolute Gasteiger partial charge is 0.416 e. The first-order chi connectivity index (χ1) is 17.7. The highest BCUT2D eigenvalue weighted by Gasteiger charge is 2.30. The van der Waals surface area contributed by atoms with Gasteiger partial charge in [0.15, 0.2) is 0 Å². The van der Waals surface area contributed by atoms with E-state index in [1.807, 2.05) is 41.8 Å². The molecule has 0 fully saturated rings. The Morgan fingerprint density at radius 2 is 1.70 bits per heavy atom. The average molecular weight is 505 g/mol. The van der Waals surface area contributed by atoms with E-state index in [9.17, 15) is 22.4 Å². The zero-order chi connectivity index (χ0) is 26.2. The van der Waals surface area contributed by atoms with Crippen molar-refractivity contribution in [1.82, 2.24) is 19.4 Å². The maximum Gasteiger partial charge on any atom is 0.416 e. The zero-order valence-electron chi connectivity index (χ0n) is 19.4. The molecule has 1 amide bonds. The summed E-state index contributed by atoms with van der Waals surface area (Å²) in [5.74, 6) is -1.57. The van der Waals surface area contributed by atoms with Crippen molar-refractivity contribution in [2.75, 3.05) is 5.32 Å². The second-order valence-electron chi connectivity index (χ2n) is 8.43. The number of carbonyl (C=O) groups is 1. The maximum atomic E-state index is 14.9. The predicted molar refractivity (Wildman–Crippen MR) is 130 cm³/mol. The SMILES string of the molecule is Cc1cc(-c2ccn3c(-c4ccc(CC(=O)Nc5cc(C(F)(F)F)ccn5)c(F)c4)cnc3c2)ccn1. The Kier molecular flexibility index (Phi) is 6.16. The summed E-state index contributed by atoms with van der Waals surface area (Å²) >= 11 is 0. The first-order valence-electron chi connectivity index (χ1n) is 11.2. The lowest BCUT2D eigenvalue weighted by atomic mass is 10.1. The highest BCUT2D eigenvalue weighted by Crippen LogP contribution is 2.30. The number of nitrogens with zero attached hydrogens (tertiary/aromatic N) is 4. The fraction of sp³-hybridized carbons (Fsp3) is 0.111. The number of rotatable bonds is 5. The molecule has 0 unspecified atom stereocenters. The summed E-state index contributed by atoms with van der Waals surface area (Å²) in [7, 11) is 0. The van der Waals surface area contributed by atoms with Crippen LogP contribution >= 0.6 is 0 Å². The summed E-state index contributed by atoms with van der Waals surface area (Å²) in [6.45, 7) is 1.92. The lowest BCUT2D eigenvalue weighted by Gasteiger charge is -2.10. The minimum absolute atomic E-state index is 0.0948. The second kappa shape index (κ2) is 9.45. The lowest BCUT2D eigenvalue weighted by molar-refractivity contribution is -0.137. The van der Waals surface area contributed by atoms with E-state index >= 15 is 0 Å². The Hall–Kier alpha value is -4.60. The molecule has 0 radical (unpaired) electrons. The van der Waals surface area contributed by atoms with Crippen molar-refractivity contribution < 1.29 is 22.4 Å². The van der Waals surface area contributed by atoms with Crippen LogP contribution in [0.15, 0.2) is 79.4 Å². The normalized spacial score (nSPS) is 11.6. The van der Waals surface area contributed by atoms with Gasteiger partial charge in [-0.15, -0.1) is 0 Å². The van der Waals surface area contributed by atoms with Crippen molar-refractivity contribution >= 4 is 17.4 Å². The van der Waals surface area contributed by atoms with Gasteiger partial charge in [0.1, 0.15) is 17.3 Å². The van der Waals surface area contributed by atoms with Gasteiger partial charge in [-0.25, -0.2) is 14.4 Å². The van der Waals surface area contributed by atoms with Crippen LogP contribution < -0.4 is 5.32 Å². The Morgan fingerprint density at radius 3 is 2.46 bits per heavy atom. The molecular weight excluding hydrogens is 486 g/mol. The van der Waals surface area contributed by atoms with Crippen LogP contribution in [-0.2, 0) is 17.4 Å². The van der Waals surface area contributed by atoms with Gasteiger partial charge in [-0.2, -0.15) is 13.2 Å². The molecule has 0 spiro atoms. The molecule has 0 bridgehead atoms. The summed E-state index contributed by atoms with van der Waals surface area (Å²) in [6.07, 6.45) is 1.24. The van der Waals surface area contributed by atoms with Crippen LogP contribution in [0.1, 0.15) is 16.8 Å². The van der Waals surface area contributed by atoms with Crippen molar-refractivity contribution in [2.24, 2.45) is 0 Å². The second-order valence-corrected chi connectivity index (χ2v) is 8.43. The molecule has 1 aromatic carbocycles. The number of halogens is 4. The molecule has 0 aliphatic rings. The molecule has 0 saturated heterocycles. The van der Waals surface area contributed by atoms with Gasteiger partial charge in [0.2, 0.25) is 5.91 Å². The van der Waals surface area contributed by atoms with E-state index in [0.29, 0.717) is 16.9 Å². The molecule has 10 heteroatoms. The van der Waals surface area contributed by atoms with E-state index in [4.69, 9.17) is 0 Å². The summed E-state index contributed by atoms with van der Waals surface area (Å²) in [4.78, 5) is 24.7. The number of benzene rings is 1. The minimum Gasteiger partial charge on any atom is -0.310 e. The van der Waals surface area contributed by atoms with Crippen molar-refractivity contribution in [3.63, 3.8) is 0 Å². The summed E-state index contributed by atoms with van der Waals surface area (Å²) in [5, 5.41) is 2.28. The van der Waals surface area contributed by atoms with Crippen molar-refractivity contribution in [2.45, 2.75) is 19.5 Å². The van der Waals surface area contributed by atoms with E-state index < -0.39 is 23.5 Å². The topological polar surface area (TPSA) is 72.2 Å². The summed E-state index contributed by atoms with van der Waals surface area (Å²) in [6, 6.07) is 13.7. The Bertz CT molecular complexity index is 1630. The van der Waals surface area contributed by atoms with Crippen LogP contribution in [0.3, 0.4) is 0 Å². The quantitative estimate of drug-likeness (QED) is 0.293. The lowest BCUT2D eigenvalue weighted by Crippen LogP contribution is -2.17. The molecule has 5 aromatic rings. The first kappa shape index (κ1) is 24.1. The number of carbonyl (C=O) groups excluding carboxylic acids is 1. The van der Waals surface area contributed by atoms with E-state index in [1.165, 1.54) is 12.1 Å².